The first-order valence-electron chi connectivity index (χ1n) is 4.85. The zero-order valence-corrected chi connectivity index (χ0v) is 8.46. The highest BCUT2D eigenvalue weighted by atomic mass is 16.3. The molecule has 0 amide bonds. The highest BCUT2D eigenvalue weighted by Crippen LogP contribution is 2.19. The summed E-state index contributed by atoms with van der Waals surface area (Å²) in [6.07, 6.45) is 3.86. The van der Waals surface area contributed by atoms with E-state index in [2.05, 4.69) is 15.0 Å². The van der Waals surface area contributed by atoms with Gasteiger partial charge in [-0.15, -0.1) is 0 Å². The van der Waals surface area contributed by atoms with Gasteiger partial charge in [-0.25, -0.2) is 15.0 Å². The van der Waals surface area contributed by atoms with Crippen molar-refractivity contribution in [1.29, 1.82) is 0 Å². The molecule has 15 heavy (non-hydrogen) atoms. The zero-order chi connectivity index (χ0) is 10.8. The molecule has 1 unspecified atom stereocenters. The Morgan fingerprint density at radius 2 is 2.27 bits per heavy atom. The molecule has 0 bridgehead atoms. The molecule has 1 atom stereocenters. The first kappa shape index (κ1) is 9.85. The fourth-order valence-corrected chi connectivity index (χ4v) is 1.49. The predicted molar refractivity (Wildman–Crippen MR) is 55.9 cm³/mol. The summed E-state index contributed by atoms with van der Waals surface area (Å²) in [5.41, 5.74) is 6.74. The van der Waals surface area contributed by atoms with E-state index >= 15 is 0 Å². The van der Waals surface area contributed by atoms with Crippen LogP contribution in [0.25, 0.3) is 11.2 Å². The summed E-state index contributed by atoms with van der Waals surface area (Å²) in [4.78, 5) is 12.0. The first-order chi connectivity index (χ1) is 7.24. The smallest absolute Gasteiger partial charge is 0.167 e. The van der Waals surface area contributed by atoms with Crippen molar-refractivity contribution >= 4 is 17.0 Å². The van der Waals surface area contributed by atoms with Gasteiger partial charge in [0.05, 0.1) is 6.33 Å². The molecule has 2 aromatic heterocycles. The Morgan fingerprint density at radius 1 is 1.47 bits per heavy atom. The normalized spacial score (nSPS) is 13.2. The number of nitrogens with zero attached hydrogens (tertiary/aromatic N) is 4. The molecule has 0 aliphatic rings. The SMILES string of the molecule is CCCC(O)n1cnc2c(N)ncnc21. The highest BCUT2D eigenvalue weighted by Gasteiger charge is 2.12. The van der Waals surface area contributed by atoms with Crippen LogP contribution in [-0.2, 0) is 0 Å². The van der Waals surface area contributed by atoms with E-state index in [0.717, 1.165) is 6.42 Å². The Bertz CT molecular complexity index is 466. The van der Waals surface area contributed by atoms with Crippen LogP contribution in [0.4, 0.5) is 5.82 Å². The summed E-state index contributed by atoms with van der Waals surface area (Å²) in [7, 11) is 0. The first-order valence-corrected chi connectivity index (χ1v) is 4.85. The lowest BCUT2D eigenvalue weighted by Crippen LogP contribution is -2.07. The Hall–Kier alpha value is -1.69. The number of nitrogen functional groups attached to an aromatic ring is 1. The number of imidazole rings is 1. The molecule has 0 fully saturated rings. The third-order valence-corrected chi connectivity index (χ3v) is 2.26. The Labute approximate surface area is 86.8 Å². The van der Waals surface area contributed by atoms with E-state index < -0.39 is 6.23 Å². The molecule has 0 aliphatic carbocycles. The lowest BCUT2D eigenvalue weighted by molar-refractivity contribution is 0.0971. The van der Waals surface area contributed by atoms with Gasteiger partial charge in [-0.2, -0.15) is 0 Å². The summed E-state index contributed by atoms with van der Waals surface area (Å²) in [5, 5.41) is 9.82. The fraction of sp³-hybridized carbons (Fsp3) is 0.444. The van der Waals surface area contributed by atoms with Crippen LogP contribution in [0.1, 0.15) is 26.0 Å². The molecule has 3 N–H and O–H groups in total. The largest absolute Gasteiger partial charge is 0.382 e. The van der Waals surface area contributed by atoms with E-state index in [9.17, 15) is 5.11 Å². The number of aromatic nitrogens is 4. The second kappa shape index (κ2) is 3.82. The van der Waals surface area contributed by atoms with Gasteiger partial charge in [-0.1, -0.05) is 13.3 Å². The van der Waals surface area contributed by atoms with Crippen LogP contribution >= 0.6 is 0 Å². The molecule has 0 saturated carbocycles. The average Bonchev–Trinajstić information content (AvgIpc) is 2.63. The second-order valence-corrected chi connectivity index (χ2v) is 3.35. The fourth-order valence-electron chi connectivity index (χ4n) is 1.49. The van der Waals surface area contributed by atoms with Crippen LogP contribution < -0.4 is 5.73 Å². The van der Waals surface area contributed by atoms with Gasteiger partial charge in [0.25, 0.3) is 0 Å². The van der Waals surface area contributed by atoms with Crippen molar-refractivity contribution in [2.75, 3.05) is 5.73 Å². The summed E-state index contributed by atoms with van der Waals surface area (Å²) in [5.74, 6) is 0.336. The molecular formula is C9H13N5O. The van der Waals surface area contributed by atoms with Gasteiger partial charge in [0.15, 0.2) is 11.5 Å². The quantitative estimate of drug-likeness (QED) is 0.773. The minimum Gasteiger partial charge on any atom is -0.382 e. The number of fused-ring (bicyclic) bond motifs is 1. The van der Waals surface area contributed by atoms with Crippen LogP contribution in [0, 0.1) is 0 Å². The predicted octanol–water partition coefficient (Wildman–Crippen LogP) is 0.700. The van der Waals surface area contributed by atoms with Crippen LogP contribution in [0.15, 0.2) is 12.7 Å². The molecule has 2 aromatic rings. The molecule has 2 heterocycles. The zero-order valence-electron chi connectivity index (χ0n) is 8.46. The monoisotopic (exact) mass is 207 g/mol. The van der Waals surface area contributed by atoms with Gasteiger partial charge in [-0.05, 0) is 6.42 Å². The lowest BCUT2D eigenvalue weighted by Gasteiger charge is -2.10. The topological polar surface area (TPSA) is 89.8 Å². The number of rotatable bonds is 3. The van der Waals surface area contributed by atoms with Crippen LogP contribution in [0.2, 0.25) is 0 Å². The Kier molecular flexibility index (Phi) is 2.51. The van der Waals surface area contributed by atoms with Gasteiger partial charge >= 0.3 is 0 Å². The summed E-state index contributed by atoms with van der Waals surface area (Å²) in [6.45, 7) is 2.01. The van der Waals surface area contributed by atoms with Crippen LogP contribution in [0.3, 0.4) is 0 Å². The molecule has 6 heteroatoms. The number of hydrogen-bond donors (Lipinski definition) is 2. The number of aliphatic hydroxyl groups is 1. The minimum atomic E-state index is -0.603. The molecular weight excluding hydrogens is 194 g/mol. The summed E-state index contributed by atoms with van der Waals surface area (Å²) in [6, 6.07) is 0. The molecule has 0 aromatic carbocycles. The van der Waals surface area contributed by atoms with Crippen molar-refractivity contribution in [3.05, 3.63) is 12.7 Å². The van der Waals surface area contributed by atoms with Gasteiger partial charge in [0.2, 0.25) is 0 Å². The van der Waals surface area contributed by atoms with E-state index in [1.807, 2.05) is 6.92 Å². The molecule has 0 spiro atoms. The minimum absolute atomic E-state index is 0.336. The number of nitrogens with two attached hydrogens (primary N) is 1. The highest BCUT2D eigenvalue weighted by molar-refractivity contribution is 5.81. The van der Waals surface area contributed by atoms with E-state index in [0.29, 0.717) is 23.4 Å². The van der Waals surface area contributed by atoms with Crippen molar-refractivity contribution < 1.29 is 5.11 Å². The molecule has 80 valence electrons. The third-order valence-electron chi connectivity index (χ3n) is 2.26. The lowest BCUT2D eigenvalue weighted by atomic mass is 10.3. The maximum atomic E-state index is 9.82. The molecule has 0 saturated heterocycles. The van der Waals surface area contributed by atoms with Gasteiger partial charge in [0, 0.05) is 0 Å². The van der Waals surface area contributed by atoms with E-state index in [1.165, 1.54) is 12.7 Å². The van der Waals surface area contributed by atoms with Crippen molar-refractivity contribution in [2.45, 2.75) is 26.0 Å². The number of aliphatic hydroxyl groups excluding tert-OH is 1. The van der Waals surface area contributed by atoms with Gasteiger partial charge in [0.1, 0.15) is 18.1 Å². The Morgan fingerprint density at radius 3 is 3.00 bits per heavy atom. The van der Waals surface area contributed by atoms with E-state index in [-0.39, 0.29) is 0 Å². The maximum absolute atomic E-state index is 9.82. The summed E-state index contributed by atoms with van der Waals surface area (Å²) < 4.78 is 1.61. The van der Waals surface area contributed by atoms with Crippen molar-refractivity contribution in [1.82, 2.24) is 19.5 Å². The molecule has 0 aliphatic heterocycles. The van der Waals surface area contributed by atoms with Crippen LogP contribution in [0.5, 0.6) is 0 Å². The maximum Gasteiger partial charge on any atom is 0.167 e. The van der Waals surface area contributed by atoms with E-state index in [1.54, 1.807) is 4.57 Å². The average molecular weight is 207 g/mol. The second-order valence-electron chi connectivity index (χ2n) is 3.35. The van der Waals surface area contributed by atoms with Gasteiger partial charge < -0.3 is 10.8 Å². The van der Waals surface area contributed by atoms with Crippen molar-refractivity contribution in [3.63, 3.8) is 0 Å². The molecule has 6 nitrogen and oxygen atoms in total. The van der Waals surface area contributed by atoms with Crippen molar-refractivity contribution in [3.8, 4) is 0 Å². The standard InChI is InChI=1S/C9H13N5O/c1-2-3-6(15)14-5-13-7-8(10)11-4-12-9(7)14/h4-6,15H,2-3H2,1H3,(H2,10,11,12). The third kappa shape index (κ3) is 1.63. The number of anilines is 1. The van der Waals surface area contributed by atoms with Crippen LogP contribution in [-0.4, -0.2) is 24.6 Å². The van der Waals surface area contributed by atoms with Gasteiger partial charge in [-0.3, -0.25) is 4.57 Å². The summed E-state index contributed by atoms with van der Waals surface area (Å²) >= 11 is 0. The Balaban J connectivity index is 2.49. The van der Waals surface area contributed by atoms with E-state index in [4.69, 9.17) is 5.73 Å². The van der Waals surface area contributed by atoms with Crippen molar-refractivity contribution in [2.24, 2.45) is 0 Å². The number of hydrogen-bond acceptors (Lipinski definition) is 5. The molecule has 0 radical (unpaired) electrons. The molecule has 2 rings (SSSR count).